The minimum absolute atomic E-state index is 0.135. The summed E-state index contributed by atoms with van der Waals surface area (Å²) < 4.78 is 40.6. The molecule has 1 amide bonds. The van der Waals surface area contributed by atoms with Gasteiger partial charge in [-0.15, -0.1) is 0 Å². The maximum atomic E-state index is 12.1. The number of nitrogens with one attached hydrogen (secondary N) is 1. The van der Waals surface area contributed by atoms with Gasteiger partial charge in [-0.05, 0) is 29.3 Å². The number of rotatable bonds is 6. The highest BCUT2D eigenvalue weighted by molar-refractivity contribution is 6.35. The highest BCUT2D eigenvalue weighted by atomic mass is 35.5. The predicted octanol–water partition coefficient (Wildman–Crippen LogP) is 5.00. The first-order chi connectivity index (χ1) is 11.7. The van der Waals surface area contributed by atoms with Crippen LogP contribution in [0.25, 0.3) is 0 Å². The zero-order valence-corrected chi connectivity index (χ0v) is 14.4. The Balaban J connectivity index is 1.87. The van der Waals surface area contributed by atoms with Crippen LogP contribution in [0, 0.1) is 0 Å². The van der Waals surface area contributed by atoms with Gasteiger partial charge in [-0.2, -0.15) is 13.2 Å². The number of alkyl halides is 3. The Morgan fingerprint density at radius 1 is 1.04 bits per heavy atom. The second-order valence-corrected chi connectivity index (χ2v) is 6.07. The molecule has 25 heavy (non-hydrogen) atoms. The second-order valence-electron chi connectivity index (χ2n) is 5.23. The molecule has 0 saturated heterocycles. The predicted molar refractivity (Wildman–Crippen MR) is 89.8 cm³/mol. The van der Waals surface area contributed by atoms with Crippen LogP contribution >= 0.6 is 23.2 Å². The molecule has 0 saturated carbocycles. The van der Waals surface area contributed by atoms with Crippen LogP contribution in [0.15, 0.2) is 42.5 Å². The standard InChI is InChI=1S/C17H14Cl2F3NO2/c18-13-5-6-15(19)14(7-13)16(24)23-8-11-1-3-12(4-2-11)9-25-10-17(20,21)22/h1-7H,8-10H2,(H,23,24). The summed E-state index contributed by atoms with van der Waals surface area (Å²) in [5.41, 5.74) is 1.66. The molecule has 2 rings (SSSR count). The molecule has 0 heterocycles. The van der Waals surface area contributed by atoms with Crippen LogP contribution in [0.5, 0.6) is 0 Å². The van der Waals surface area contributed by atoms with Gasteiger partial charge in [-0.1, -0.05) is 47.5 Å². The zero-order valence-electron chi connectivity index (χ0n) is 12.9. The van der Waals surface area contributed by atoms with Gasteiger partial charge in [0.1, 0.15) is 6.61 Å². The number of carbonyl (C=O) groups excluding carboxylic acids is 1. The van der Waals surface area contributed by atoms with E-state index in [9.17, 15) is 18.0 Å². The Hall–Kier alpha value is -1.76. The summed E-state index contributed by atoms with van der Waals surface area (Å²) >= 11 is 11.8. The van der Waals surface area contributed by atoms with E-state index in [1.807, 2.05) is 0 Å². The van der Waals surface area contributed by atoms with Crippen molar-refractivity contribution in [3.63, 3.8) is 0 Å². The summed E-state index contributed by atoms with van der Waals surface area (Å²) in [5.74, 6) is -0.370. The van der Waals surface area contributed by atoms with E-state index >= 15 is 0 Å². The molecule has 8 heteroatoms. The summed E-state index contributed by atoms with van der Waals surface area (Å²) in [7, 11) is 0. The first kappa shape index (κ1) is 19.6. The van der Waals surface area contributed by atoms with Gasteiger partial charge in [0.05, 0.1) is 17.2 Å². The number of hydrogen-bond donors (Lipinski definition) is 1. The first-order valence-electron chi connectivity index (χ1n) is 7.20. The molecule has 0 aromatic heterocycles. The van der Waals surface area contributed by atoms with Crippen molar-refractivity contribution in [2.24, 2.45) is 0 Å². The fourth-order valence-corrected chi connectivity index (χ4v) is 2.36. The van der Waals surface area contributed by atoms with Crippen molar-refractivity contribution in [1.29, 1.82) is 0 Å². The van der Waals surface area contributed by atoms with E-state index in [1.165, 1.54) is 12.1 Å². The van der Waals surface area contributed by atoms with Crippen LogP contribution in [-0.4, -0.2) is 18.7 Å². The van der Waals surface area contributed by atoms with Crippen molar-refractivity contribution >= 4 is 29.1 Å². The summed E-state index contributed by atoms with van der Waals surface area (Å²) in [6.45, 7) is -1.18. The first-order valence-corrected chi connectivity index (χ1v) is 7.96. The lowest BCUT2D eigenvalue weighted by Crippen LogP contribution is -2.23. The van der Waals surface area contributed by atoms with Crippen LogP contribution in [-0.2, 0) is 17.9 Å². The van der Waals surface area contributed by atoms with Crippen molar-refractivity contribution in [3.05, 3.63) is 69.2 Å². The van der Waals surface area contributed by atoms with Crippen LogP contribution < -0.4 is 5.32 Å². The molecular formula is C17H14Cl2F3NO2. The van der Waals surface area contributed by atoms with Gasteiger partial charge >= 0.3 is 6.18 Å². The third-order valence-corrected chi connectivity index (χ3v) is 3.75. The van der Waals surface area contributed by atoms with Gasteiger partial charge in [-0.3, -0.25) is 4.79 Å². The maximum absolute atomic E-state index is 12.1. The average molecular weight is 392 g/mol. The third kappa shape index (κ3) is 6.57. The van der Waals surface area contributed by atoms with Crippen molar-refractivity contribution < 1.29 is 22.7 Å². The van der Waals surface area contributed by atoms with E-state index in [4.69, 9.17) is 23.2 Å². The van der Waals surface area contributed by atoms with E-state index in [2.05, 4.69) is 10.1 Å². The Kier molecular flexibility index (Phi) is 6.70. The van der Waals surface area contributed by atoms with Gasteiger partial charge in [0.2, 0.25) is 0 Å². The van der Waals surface area contributed by atoms with Crippen LogP contribution in [0.4, 0.5) is 13.2 Å². The Morgan fingerprint density at radius 2 is 1.68 bits per heavy atom. The molecule has 1 N–H and O–H groups in total. The van der Waals surface area contributed by atoms with Gasteiger partial charge < -0.3 is 10.1 Å². The lowest BCUT2D eigenvalue weighted by atomic mass is 10.1. The van der Waals surface area contributed by atoms with Crippen molar-refractivity contribution in [2.45, 2.75) is 19.3 Å². The van der Waals surface area contributed by atoms with E-state index in [-0.39, 0.29) is 24.6 Å². The lowest BCUT2D eigenvalue weighted by Gasteiger charge is -2.09. The molecule has 2 aromatic rings. The Morgan fingerprint density at radius 3 is 2.32 bits per heavy atom. The van der Waals surface area contributed by atoms with Crippen molar-refractivity contribution in [2.75, 3.05) is 6.61 Å². The van der Waals surface area contributed by atoms with Gasteiger partial charge in [0.25, 0.3) is 5.91 Å². The summed E-state index contributed by atoms with van der Waals surface area (Å²) in [6.07, 6.45) is -4.34. The molecule has 0 aliphatic carbocycles. The highest BCUT2D eigenvalue weighted by Gasteiger charge is 2.27. The SMILES string of the molecule is O=C(NCc1ccc(COCC(F)(F)F)cc1)c1cc(Cl)ccc1Cl. The molecule has 0 aliphatic rings. The molecule has 2 aromatic carbocycles. The Bertz CT molecular complexity index is 734. The summed E-state index contributed by atoms with van der Waals surface area (Å²) in [4.78, 5) is 12.1. The van der Waals surface area contributed by atoms with E-state index in [0.717, 1.165) is 5.56 Å². The number of halogens is 5. The smallest absolute Gasteiger partial charge is 0.367 e. The van der Waals surface area contributed by atoms with Crippen LogP contribution in [0.2, 0.25) is 10.0 Å². The molecule has 0 atom stereocenters. The van der Waals surface area contributed by atoms with Crippen LogP contribution in [0.1, 0.15) is 21.5 Å². The van der Waals surface area contributed by atoms with Crippen molar-refractivity contribution in [1.82, 2.24) is 5.32 Å². The minimum atomic E-state index is -4.34. The number of amides is 1. The maximum Gasteiger partial charge on any atom is 0.411 e. The molecule has 134 valence electrons. The summed E-state index contributed by atoms with van der Waals surface area (Å²) in [6, 6.07) is 11.3. The molecule has 0 spiro atoms. The van der Waals surface area contributed by atoms with E-state index < -0.39 is 12.8 Å². The molecular weight excluding hydrogens is 378 g/mol. The molecule has 3 nitrogen and oxygen atoms in total. The largest absolute Gasteiger partial charge is 0.411 e. The topological polar surface area (TPSA) is 38.3 Å². The second kappa shape index (κ2) is 8.56. The number of hydrogen-bond acceptors (Lipinski definition) is 2. The molecule has 0 aliphatic heterocycles. The minimum Gasteiger partial charge on any atom is -0.367 e. The van der Waals surface area contributed by atoms with E-state index in [0.29, 0.717) is 15.6 Å². The molecule has 0 fully saturated rings. The average Bonchev–Trinajstić information content (AvgIpc) is 2.55. The van der Waals surface area contributed by atoms with Crippen LogP contribution in [0.3, 0.4) is 0 Å². The monoisotopic (exact) mass is 391 g/mol. The third-order valence-electron chi connectivity index (χ3n) is 3.18. The number of ether oxygens (including phenoxy) is 1. The molecule has 0 bridgehead atoms. The van der Waals surface area contributed by atoms with E-state index in [1.54, 1.807) is 30.3 Å². The highest BCUT2D eigenvalue weighted by Crippen LogP contribution is 2.20. The van der Waals surface area contributed by atoms with Gasteiger partial charge in [0.15, 0.2) is 0 Å². The molecule has 0 radical (unpaired) electrons. The molecule has 0 unspecified atom stereocenters. The summed E-state index contributed by atoms with van der Waals surface area (Å²) in [5, 5.41) is 3.40. The Labute approximate surface area is 152 Å². The lowest BCUT2D eigenvalue weighted by molar-refractivity contribution is -0.176. The quantitative estimate of drug-likeness (QED) is 0.751. The van der Waals surface area contributed by atoms with Gasteiger partial charge in [-0.25, -0.2) is 0 Å². The normalized spacial score (nSPS) is 11.4. The number of benzene rings is 2. The van der Waals surface area contributed by atoms with Gasteiger partial charge in [0, 0.05) is 11.6 Å². The fraction of sp³-hybridized carbons (Fsp3) is 0.235. The fourth-order valence-electron chi connectivity index (χ4n) is 1.99. The zero-order chi connectivity index (χ0) is 18.4. The van der Waals surface area contributed by atoms with Crippen molar-refractivity contribution in [3.8, 4) is 0 Å². The number of carbonyl (C=O) groups is 1.